The van der Waals surface area contributed by atoms with Crippen LogP contribution in [-0.2, 0) is 0 Å². The molecule has 106 valence electrons. The van der Waals surface area contributed by atoms with Crippen molar-refractivity contribution in [2.45, 2.75) is 6.92 Å². The van der Waals surface area contributed by atoms with E-state index in [0.29, 0.717) is 5.88 Å². The Morgan fingerprint density at radius 2 is 1.67 bits per heavy atom. The molecule has 0 spiro atoms. The number of benzene rings is 2. The van der Waals surface area contributed by atoms with E-state index < -0.39 is 0 Å². The van der Waals surface area contributed by atoms with Gasteiger partial charge in [-0.1, -0.05) is 30.3 Å². The number of aromatic nitrogens is 1. The van der Waals surface area contributed by atoms with Gasteiger partial charge in [-0.2, -0.15) is 0 Å². The molecule has 0 saturated heterocycles. The molecule has 0 aliphatic rings. The van der Waals surface area contributed by atoms with Crippen LogP contribution in [0, 0.1) is 6.92 Å². The molecular weight excluding hydrogens is 262 g/mol. The molecule has 0 unspecified atom stereocenters. The van der Waals surface area contributed by atoms with Crippen molar-refractivity contribution < 1.29 is 9.47 Å². The summed E-state index contributed by atoms with van der Waals surface area (Å²) in [4.78, 5) is 4.62. The van der Waals surface area contributed by atoms with Gasteiger partial charge in [0.2, 0.25) is 5.88 Å². The van der Waals surface area contributed by atoms with Crippen molar-refractivity contribution in [2.24, 2.45) is 0 Å². The molecule has 1 heterocycles. The molecule has 0 saturated carbocycles. The SMILES string of the molecule is COc1cc2cc(-c3ccccc3)nc(OC)c2cc1C. The standard InChI is InChI=1S/C18H17NO2/c1-12-9-15-14(11-17(12)20-2)10-16(19-18(15)21-3)13-7-5-4-6-8-13/h4-11H,1-3H3. The van der Waals surface area contributed by atoms with Gasteiger partial charge in [-0.3, -0.25) is 0 Å². The third kappa shape index (κ3) is 2.42. The lowest BCUT2D eigenvalue weighted by atomic mass is 10.0. The fourth-order valence-electron chi connectivity index (χ4n) is 2.49. The molecule has 3 nitrogen and oxygen atoms in total. The van der Waals surface area contributed by atoms with E-state index in [-0.39, 0.29) is 0 Å². The fourth-order valence-corrected chi connectivity index (χ4v) is 2.49. The first-order valence-corrected chi connectivity index (χ1v) is 6.81. The Bertz CT molecular complexity index is 782. The summed E-state index contributed by atoms with van der Waals surface area (Å²) in [7, 11) is 3.33. The summed E-state index contributed by atoms with van der Waals surface area (Å²) in [5.74, 6) is 1.51. The molecule has 0 radical (unpaired) electrons. The Balaban J connectivity index is 2.27. The van der Waals surface area contributed by atoms with Gasteiger partial charge >= 0.3 is 0 Å². The van der Waals surface area contributed by atoms with Crippen LogP contribution < -0.4 is 9.47 Å². The van der Waals surface area contributed by atoms with E-state index >= 15 is 0 Å². The van der Waals surface area contributed by atoms with Crippen molar-refractivity contribution in [2.75, 3.05) is 14.2 Å². The second kappa shape index (κ2) is 5.44. The van der Waals surface area contributed by atoms with Crippen molar-refractivity contribution >= 4 is 10.8 Å². The van der Waals surface area contributed by atoms with E-state index in [9.17, 15) is 0 Å². The van der Waals surface area contributed by atoms with E-state index in [1.807, 2.05) is 43.3 Å². The number of rotatable bonds is 3. The van der Waals surface area contributed by atoms with Crippen LogP contribution in [0.15, 0.2) is 48.5 Å². The highest BCUT2D eigenvalue weighted by atomic mass is 16.5. The lowest BCUT2D eigenvalue weighted by molar-refractivity contribution is 0.403. The molecular formula is C18H17NO2. The zero-order valence-corrected chi connectivity index (χ0v) is 12.4. The number of fused-ring (bicyclic) bond motifs is 1. The minimum absolute atomic E-state index is 0.636. The Hall–Kier alpha value is -2.55. The number of pyridine rings is 1. The summed E-state index contributed by atoms with van der Waals surface area (Å²) >= 11 is 0. The molecule has 3 aromatic rings. The topological polar surface area (TPSA) is 31.4 Å². The first-order valence-electron chi connectivity index (χ1n) is 6.81. The van der Waals surface area contributed by atoms with Crippen LogP contribution in [0.2, 0.25) is 0 Å². The first kappa shape index (κ1) is 13.4. The van der Waals surface area contributed by atoms with Gasteiger partial charge in [-0.25, -0.2) is 4.98 Å². The average molecular weight is 279 g/mol. The van der Waals surface area contributed by atoms with Crippen LogP contribution in [0.3, 0.4) is 0 Å². The summed E-state index contributed by atoms with van der Waals surface area (Å²) in [5.41, 5.74) is 3.03. The largest absolute Gasteiger partial charge is 0.496 e. The number of ether oxygens (including phenoxy) is 2. The second-order valence-electron chi connectivity index (χ2n) is 4.93. The van der Waals surface area contributed by atoms with Gasteiger partial charge in [0.25, 0.3) is 0 Å². The lowest BCUT2D eigenvalue weighted by Crippen LogP contribution is -1.94. The van der Waals surface area contributed by atoms with E-state index in [2.05, 4.69) is 17.1 Å². The van der Waals surface area contributed by atoms with Gasteiger partial charge in [-0.15, -0.1) is 0 Å². The van der Waals surface area contributed by atoms with Crippen LogP contribution in [0.5, 0.6) is 11.6 Å². The predicted molar refractivity (Wildman–Crippen MR) is 85.0 cm³/mol. The van der Waals surface area contributed by atoms with Crippen LogP contribution >= 0.6 is 0 Å². The highest BCUT2D eigenvalue weighted by molar-refractivity contribution is 5.91. The lowest BCUT2D eigenvalue weighted by Gasteiger charge is -2.11. The maximum absolute atomic E-state index is 5.47. The summed E-state index contributed by atoms with van der Waals surface area (Å²) < 4.78 is 10.9. The molecule has 0 fully saturated rings. The Morgan fingerprint density at radius 3 is 2.33 bits per heavy atom. The molecule has 0 aliphatic carbocycles. The Kier molecular flexibility index (Phi) is 3.48. The summed E-state index contributed by atoms with van der Waals surface area (Å²) in [6.45, 7) is 2.02. The monoisotopic (exact) mass is 279 g/mol. The third-order valence-electron chi connectivity index (χ3n) is 3.57. The maximum atomic E-state index is 5.47. The van der Waals surface area contributed by atoms with Gasteiger partial charge in [0, 0.05) is 10.9 Å². The molecule has 1 aromatic heterocycles. The molecule has 0 aliphatic heterocycles. The number of nitrogens with zero attached hydrogens (tertiary/aromatic N) is 1. The zero-order chi connectivity index (χ0) is 14.8. The fraction of sp³-hybridized carbons (Fsp3) is 0.167. The van der Waals surface area contributed by atoms with E-state index in [0.717, 1.165) is 33.3 Å². The van der Waals surface area contributed by atoms with E-state index in [1.165, 1.54) is 0 Å². The zero-order valence-electron chi connectivity index (χ0n) is 12.4. The minimum Gasteiger partial charge on any atom is -0.496 e. The summed E-state index contributed by atoms with van der Waals surface area (Å²) in [5, 5.41) is 2.05. The summed E-state index contributed by atoms with van der Waals surface area (Å²) in [6, 6.07) is 16.2. The molecule has 0 amide bonds. The van der Waals surface area contributed by atoms with Gasteiger partial charge in [0.15, 0.2) is 0 Å². The number of aryl methyl sites for hydroxylation is 1. The van der Waals surface area contributed by atoms with Gasteiger partial charge < -0.3 is 9.47 Å². The summed E-state index contributed by atoms with van der Waals surface area (Å²) in [6.07, 6.45) is 0. The van der Waals surface area contributed by atoms with Crippen LogP contribution in [0.25, 0.3) is 22.0 Å². The maximum Gasteiger partial charge on any atom is 0.221 e. The molecule has 3 heteroatoms. The van der Waals surface area contributed by atoms with Gasteiger partial charge in [-0.05, 0) is 36.1 Å². The molecule has 0 bridgehead atoms. The quantitative estimate of drug-likeness (QED) is 0.719. The average Bonchev–Trinajstić information content (AvgIpc) is 2.54. The van der Waals surface area contributed by atoms with Gasteiger partial charge in [0.05, 0.1) is 19.9 Å². The van der Waals surface area contributed by atoms with Crippen LogP contribution in [0.1, 0.15) is 5.56 Å². The molecule has 0 atom stereocenters. The molecule has 0 N–H and O–H groups in total. The molecule has 3 rings (SSSR count). The van der Waals surface area contributed by atoms with Crippen molar-refractivity contribution in [3.63, 3.8) is 0 Å². The first-order chi connectivity index (χ1) is 10.2. The van der Waals surface area contributed by atoms with E-state index in [1.54, 1.807) is 14.2 Å². The normalized spacial score (nSPS) is 10.6. The van der Waals surface area contributed by atoms with Crippen molar-refractivity contribution in [1.29, 1.82) is 0 Å². The molecule has 21 heavy (non-hydrogen) atoms. The molecule has 2 aromatic carbocycles. The number of methoxy groups -OCH3 is 2. The van der Waals surface area contributed by atoms with Gasteiger partial charge in [0.1, 0.15) is 5.75 Å². The Labute approximate surface area is 124 Å². The van der Waals surface area contributed by atoms with Crippen molar-refractivity contribution in [3.8, 4) is 22.9 Å². The second-order valence-corrected chi connectivity index (χ2v) is 4.93. The minimum atomic E-state index is 0.636. The van der Waals surface area contributed by atoms with Crippen molar-refractivity contribution in [1.82, 2.24) is 4.98 Å². The van der Waals surface area contributed by atoms with E-state index in [4.69, 9.17) is 9.47 Å². The van der Waals surface area contributed by atoms with Crippen LogP contribution in [-0.4, -0.2) is 19.2 Å². The van der Waals surface area contributed by atoms with Crippen molar-refractivity contribution in [3.05, 3.63) is 54.1 Å². The number of hydrogen-bond acceptors (Lipinski definition) is 3. The Morgan fingerprint density at radius 1 is 0.905 bits per heavy atom. The number of hydrogen-bond donors (Lipinski definition) is 0. The smallest absolute Gasteiger partial charge is 0.221 e. The predicted octanol–water partition coefficient (Wildman–Crippen LogP) is 4.23. The third-order valence-corrected chi connectivity index (χ3v) is 3.57. The highest BCUT2D eigenvalue weighted by Crippen LogP contribution is 2.33. The highest BCUT2D eigenvalue weighted by Gasteiger charge is 2.10. The van der Waals surface area contributed by atoms with Crippen LogP contribution in [0.4, 0.5) is 0 Å².